The first kappa shape index (κ1) is 20.9. The van der Waals surface area contributed by atoms with Gasteiger partial charge in [-0.1, -0.05) is 25.1 Å². The van der Waals surface area contributed by atoms with Crippen molar-refractivity contribution in [2.75, 3.05) is 50.1 Å². The number of piperazine rings is 1. The number of likely N-dealkylation sites (N-methyl/N-ethyl adjacent to an activating group) is 1. The van der Waals surface area contributed by atoms with Crippen LogP contribution in [0.3, 0.4) is 0 Å². The Morgan fingerprint density at radius 3 is 2.45 bits per heavy atom. The number of rotatable bonds is 6. The van der Waals surface area contributed by atoms with Gasteiger partial charge in [-0.25, -0.2) is 4.68 Å². The van der Waals surface area contributed by atoms with Gasteiger partial charge in [0.1, 0.15) is 0 Å². The number of aromatic nitrogens is 2. The number of benzene rings is 2. The highest BCUT2D eigenvalue weighted by molar-refractivity contribution is 6.05. The zero-order chi connectivity index (χ0) is 21.8. The lowest BCUT2D eigenvalue weighted by atomic mass is 10.1. The van der Waals surface area contributed by atoms with E-state index < -0.39 is 0 Å². The van der Waals surface area contributed by atoms with Gasteiger partial charge in [0.25, 0.3) is 5.91 Å². The van der Waals surface area contributed by atoms with Gasteiger partial charge in [0.05, 0.1) is 19.0 Å². The number of nitrogens with zero attached hydrogens (tertiary/aromatic N) is 4. The number of carbonyl (C=O) groups is 1. The van der Waals surface area contributed by atoms with E-state index in [2.05, 4.69) is 39.3 Å². The second-order valence-electron chi connectivity index (χ2n) is 7.70. The molecule has 31 heavy (non-hydrogen) atoms. The predicted octanol–water partition coefficient (Wildman–Crippen LogP) is 3.58. The summed E-state index contributed by atoms with van der Waals surface area (Å²) in [5.74, 6) is 0.142. The largest absolute Gasteiger partial charge is 0.493 e. The molecule has 1 N–H and O–H groups in total. The smallest absolute Gasteiger partial charge is 0.280 e. The summed E-state index contributed by atoms with van der Waals surface area (Å²) < 4.78 is 7.05. The quantitative estimate of drug-likeness (QED) is 0.662. The van der Waals surface area contributed by atoms with Crippen molar-refractivity contribution in [3.05, 3.63) is 66.0 Å². The summed E-state index contributed by atoms with van der Waals surface area (Å²) in [7, 11) is 1.54. The highest BCUT2D eigenvalue weighted by atomic mass is 16.5. The molecule has 0 spiro atoms. The van der Waals surface area contributed by atoms with Crippen LogP contribution in [0.2, 0.25) is 0 Å². The van der Waals surface area contributed by atoms with Gasteiger partial charge in [0, 0.05) is 37.6 Å². The Labute approximate surface area is 183 Å². The number of ether oxygens (including phenoxy) is 1. The molecule has 0 radical (unpaired) electrons. The lowest BCUT2D eigenvalue weighted by molar-refractivity contribution is 0.101. The molecule has 1 aliphatic rings. The molecule has 1 aliphatic heterocycles. The van der Waals surface area contributed by atoms with Crippen LogP contribution in [-0.4, -0.2) is 60.4 Å². The number of para-hydroxylation sites is 1. The third kappa shape index (κ3) is 4.56. The number of anilines is 2. The fourth-order valence-corrected chi connectivity index (χ4v) is 3.87. The minimum atomic E-state index is -0.293. The third-order valence-electron chi connectivity index (χ3n) is 5.78. The van der Waals surface area contributed by atoms with Crippen molar-refractivity contribution in [2.45, 2.75) is 13.8 Å². The molecule has 7 heteroatoms. The van der Waals surface area contributed by atoms with E-state index >= 15 is 0 Å². The summed E-state index contributed by atoms with van der Waals surface area (Å²) in [5.41, 5.74) is 4.11. The molecule has 4 rings (SSSR count). The van der Waals surface area contributed by atoms with Crippen molar-refractivity contribution in [1.82, 2.24) is 14.7 Å². The van der Waals surface area contributed by atoms with Crippen LogP contribution in [0.15, 0.2) is 54.7 Å². The summed E-state index contributed by atoms with van der Waals surface area (Å²) >= 11 is 0. The van der Waals surface area contributed by atoms with Crippen LogP contribution in [-0.2, 0) is 0 Å². The Morgan fingerprint density at radius 1 is 1.06 bits per heavy atom. The van der Waals surface area contributed by atoms with Crippen LogP contribution in [0.25, 0.3) is 5.69 Å². The molecule has 1 aromatic heterocycles. The number of methoxy groups -OCH3 is 1. The normalized spacial score (nSPS) is 14.5. The van der Waals surface area contributed by atoms with Crippen molar-refractivity contribution in [3.63, 3.8) is 0 Å². The second kappa shape index (κ2) is 9.22. The van der Waals surface area contributed by atoms with Gasteiger partial charge in [0.2, 0.25) is 0 Å². The van der Waals surface area contributed by atoms with E-state index in [9.17, 15) is 4.79 Å². The molecule has 1 saturated heterocycles. The minimum Gasteiger partial charge on any atom is -0.493 e. The maximum absolute atomic E-state index is 13.0. The zero-order valence-corrected chi connectivity index (χ0v) is 18.3. The molecule has 2 aromatic carbocycles. The van der Waals surface area contributed by atoms with Gasteiger partial charge in [-0.05, 0) is 49.4 Å². The Kier molecular flexibility index (Phi) is 6.23. The average molecular weight is 420 g/mol. The molecule has 3 aromatic rings. The summed E-state index contributed by atoms with van der Waals surface area (Å²) in [5, 5.41) is 7.44. The third-order valence-corrected chi connectivity index (χ3v) is 5.78. The Morgan fingerprint density at radius 2 is 1.81 bits per heavy atom. The summed E-state index contributed by atoms with van der Waals surface area (Å²) in [6.07, 6.45) is 1.72. The van der Waals surface area contributed by atoms with Crippen LogP contribution >= 0.6 is 0 Å². The molecule has 0 bridgehead atoms. The van der Waals surface area contributed by atoms with Crippen molar-refractivity contribution in [3.8, 4) is 11.4 Å². The average Bonchev–Trinajstić information content (AvgIpc) is 3.26. The number of hydrogen-bond acceptors (Lipinski definition) is 5. The Balaban J connectivity index is 1.49. The molecule has 0 aliphatic carbocycles. The van der Waals surface area contributed by atoms with E-state index in [-0.39, 0.29) is 11.6 Å². The van der Waals surface area contributed by atoms with Crippen molar-refractivity contribution < 1.29 is 9.53 Å². The molecule has 1 fully saturated rings. The fraction of sp³-hybridized carbons (Fsp3) is 0.333. The molecule has 2 heterocycles. The number of nitrogens with one attached hydrogen (secondary N) is 1. The van der Waals surface area contributed by atoms with Crippen LogP contribution < -0.4 is 15.0 Å². The minimum absolute atomic E-state index is 0.255. The van der Waals surface area contributed by atoms with Crippen molar-refractivity contribution in [1.29, 1.82) is 0 Å². The van der Waals surface area contributed by atoms with E-state index in [4.69, 9.17) is 4.74 Å². The number of amides is 1. The monoisotopic (exact) mass is 419 g/mol. The molecule has 1 amide bonds. The number of hydrogen-bond donors (Lipinski definition) is 1. The van der Waals surface area contributed by atoms with E-state index in [1.54, 1.807) is 18.0 Å². The maximum Gasteiger partial charge on any atom is 0.280 e. The van der Waals surface area contributed by atoms with Crippen molar-refractivity contribution in [2.24, 2.45) is 0 Å². The molecule has 0 atom stereocenters. The fourth-order valence-electron chi connectivity index (χ4n) is 3.87. The number of aryl methyl sites for hydroxylation is 1. The van der Waals surface area contributed by atoms with Crippen LogP contribution in [0.1, 0.15) is 23.0 Å². The molecule has 0 unspecified atom stereocenters. The van der Waals surface area contributed by atoms with Gasteiger partial charge in [-0.15, -0.1) is 0 Å². The SMILES string of the molecule is CCN1CCN(c2ccc(NC(=O)c3nn(-c4ccccc4)cc3OC)c(C)c2)CC1. The first-order valence-corrected chi connectivity index (χ1v) is 10.7. The molecular formula is C24H29N5O2. The van der Waals surface area contributed by atoms with Gasteiger partial charge in [-0.3, -0.25) is 4.79 Å². The predicted molar refractivity (Wildman–Crippen MR) is 124 cm³/mol. The standard InChI is InChI=1S/C24H29N5O2/c1-4-27-12-14-28(15-13-27)20-10-11-21(18(2)16-20)25-24(30)23-22(31-3)17-29(26-23)19-8-6-5-7-9-19/h5-11,16-17H,4,12-15H2,1-3H3,(H,25,30). The summed E-state index contributed by atoms with van der Waals surface area (Å²) in [4.78, 5) is 17.8. The second-order valence-corrected chi connectivity index (χ2v) is 7.70. The first-order chi connectivity index (χ1) is 15.1. The Bertz CT molecular complexity index is 1040. The van der Waals surface area contributed by atoms with Gasteiger partial charge in [-0.2, -0.15) is 5.10 Å². The van der Waals surface area contributed by atoms with Crippen LogP contribution in [0, 0.1) is 6.92 Å². The lowest BCUT2D eigenvalue weighted by Crippen LogP contribution is -2.46. The lowest BCUT2D eigenvalue weighted by Gasteiger charge is -2.35. The summed E-state index contributed by atoms with van der Waals surface area (Å²) in [6, 6.07) is 15.8. The highest BCUT2D eigenvalue weighted by Crippen LogP contribution is 2.26. The molecular weight excluding hydrogens is 390 g/mol. The highest BCUT2D eigenvalue weighted by Gasteiger charge is 2.20. The van der Waals surface area contributed by atoms with Crippen LogP contribution in [0.5, 0.6) is 5.75 Å². The van der Waals surface area contributed by atoms with E-state index in [0.29, 0.717) is 5.75 Å². The van der Waals surface area contributed by atoms with E-state index in [0.717, 1.165) is 49.7 Å². The van der Waals surface area contributed by atoms with Gasteiger partial charge < -0.3 is 19.9 Å². The van der Waals surface area contributed by atoms with Crippen LogP contribution in [0.4, 0.5) is 11.4 Å². The molecule has 162 valence electrons. The molecule has 7 nitrogen and oxygen atoms in total. The zero-order valence-electron chi connectivity index (χ0n) is 18.3. The molecule has 0 saturated carbocycles. The number of carbonyl (C=O) groups excluding carboxylic acids is 1. The van der Waals surface area contributed by atoms with E-state index in [1.165, 1.54) is 5.69 Å². The van der Waals surface area contributed by atoms with Gasteiger partial charge in [0.15, 0.2) is 11.4 Å². The van der Waals surface area contributed by atoms with Gasteiger partial charge >= 0.3 is 0 Å². The topological polar surface area (TPSA) is 62.6 Å². The first-order valence-electron chi connectivity index (χ1n) is 10.7. The maximum atomic E-state index is 13.0. The summed E-state index contributed by atoms with van der Waals surface area (Å²) in [6.45, 7) is 9.52. The Hall–Kier alpha value is -3.32. The van der Waals surface area contributed by atoms with Crippen molar-refractivity contribution >= 4 is 17.3 Å². The van der Waals surface area contributed by atoms with E-state index in [1.807, 2.05) is 43.3 Å².